The zero-order valence-corrected chi connectivity index (χ0v) is 8.60. The molecule has 0 saturated heterocycles. The molecule has 1 rings (SSSR count). The van der Waals surface area contributed by atoms with Crippen molar-refractivity contribution in [2.75, 3.05) is 13.6 Å². The molecule has 0 aliphatic rings. The third kappa shape index (κ3) is 2.48. The summed E-state index contributed by atoms with van der Waals surface area (Å²) in [7, 11) is 3.61. The highest BCUT2D eigenvalue weighted by Gasteiger charge is 2.08. The lowest BCUT2D eigenvalue weighted by molar-refractivity contribution is 0.476. The van der Waals surface area contributed by atoms with E-state index in [0.717, 1.165) is 13.0 Å². The van der Waals surface area contributed by atoms with Crippen molar-refractivity contribution in [1.82, 2.24) is 5.32 Å². The number of nitrogens with one attached hydrogen (secondary N) is 1. The minimum atomic E-state index is -0.226. The number of hydrogen-bond acceptors (Lipinski definition) is 2. The van der Waals surface area contributed by atoms with Crippen LogP contribution in [0.25, 0.3) is 0 Å². The fraction of sp³-hybridized carbons (Fsp3) is 0.400. The molecule has 0 aliphatic carbocycles. The van der Waals surface area contributed by atoms with Crippen LogP contribution in [0.15, 0.2) is 12.1 Å². The van der Waals surface area contributed by atoms with Crippen molar-refractivity contribution in [3.63, 3.8) is 0 Å². The summed E-state index contributed by atoms with van der Waals surface area (Å²) in [6.07, 6.45) is 1.53. The Morgan fingerprint density at radius 2 is 2.21 bits per heavy atom. The normalized spacial score (nSPS) is 10.4. The highest BCUT2D eigenvalue weighted by molar-refractivity contribution is 6.35. The minimum absolute atomic E-state index is 0.172. The van der Waals surface area contributed by atoms with Crippen molar-refractivity contribution in [3.8, 4) is 5.75 Å². The molecule has 2 N–H and O–H groups in total. The van der Waals surface area contributed by atoms with Crippen LogP contribution in [0.5, 0.6) is 5.75 Å². The maximum atomic E-state index is 13.3. The van der Waals surface area contributed by atoms with Gasteiger partial charge >= 0.3 is 0 Å². The molecule has 14 heavy (non-hydrogen) atoms. The Bertz CT molecular complexity index is 317. The van der Waals surface area contributed by atoms with Crippen molar-refractivity contribution in [3.05, 3.63) is 23.5 Å². The van der Waals surface area contributed by atoms with Gasteiger partial charge in [0.05, 0.1) is 0 Å². The SMILES string of the molecule is Bc1c(O)ccc(F)c1CCCNC. The summed E-state index contributed by atoms with van der Waals surface area (Å²) >= 11 is 0. The molecule has 0 unspecified atom stereocenters. The van der Waals surface area contributed by atoms with Gasteiger partial charge in [-0.2, -0.15) is 0 Å². The van der Waals surface area contributed by atoms with E-state index in [2.05, 4.69) is 5.32 Å². The van der Waals surface area contributed by atoms with E-state index in [-0.39, 0.29) is 11.6 Å². The van der Waals surface area contributed by atoms with E-state index in [0.29, 0.717) is 17.4 Å². The lowest BCUT2D eigenvalue weighted by atomic mass is 9.87. The Labute approximate surface area is 84.6 Å². The Balaban J connectivity index is 2.79. The fourth-order valence-corrected chi connectivity index (χ4v) is 1.46. The topological polar surface area (TPSA) is 32.3 Å². The second kappa shape index (κ2) is 5.01. The number of benzene rings is 1. The van der Waals surface area contributed by atoms with Gasteiger partial charge in [0.15, 0.2) is 0 Å². The van der Waals surface area contributed by atoms with Gasteiger partial charge < -0.3 is 10.4 Å². The number of phenolic OH excluding ortho intramolecular Hbond substituents is 1. The van der Waals surface area contributed by atoms with Gasteiger partial charge in [0, 0.05) is 0 Å². The molecular weight excluding hydrogens is 180 g/mol. The Hall–Kier alpha value is -1.03. The molecule has 1 aromatic rings. The van der Waals surface area contributed by atoms with E-state index < -0.39 is 0 Å². The smallest absolute Gasteiger partial charge is 0.144 e. The van der Waals surface area contributed by atoms with Crippen LogP contribution < -0.4 is 10.8 Å². The summed E-state index contributed by atoms with van der Waals surface area (Å²) in [5, 5.41) is 12.4. The molecule has 0 saturated carbocycles. The van der Waals surface area contributed by atoms with Crippen LogP contribution in [0.4, 0.5) is 4.39 Å². The average molecular weight is 195 g/mol. The van der Waals surface area contributed by atoms with Crippen LogP contribution in [0.2, 0.25) is 0 Å². The predicted molar refractivity (Wildman–Crippen MR) is 58.5 cm³/mol. The van der Waals surface area contributed by atoms with Crippen molar-refractivity contribution < 1.29 is 9.50 Å². The van der Waals surface area contributed by atoms with Crippen LogP contribution in [0.3, 0.4) is 0 Å². The zero-order chi connectivity index (χ0) is 10.6. The summed E-state index contributed by atoms with van der Waals surface area (Å²) in [4.78, 5) is 0. The second-order valence-corrected chi connectivity index (χ2v) is 3.38. The predicted octanol–water partition coefficient (Wildman–Crippen LogP) is -0.0583. The molecule has 0 amide bonds. The molecule has 1 aromatic carbocycles. The molecule has 0 heterocycles. The Morgan fingerprint density at radius 1 is 1.50 bits per heavy atom. The summed E-state index contributed by atoms with van der Waals surface area (Å²) in [6, 6.07) is 2.71. The first-order valence-electron chi connectivity index (χ1n) is 4.78. The zero-order valence-electron chi connectivity index (χ0n) is 8.60. The fourth-order valence-electron chi connectivity index (χ4n) is 1.46. The Kier molecular flexibility index (Phi) is 3.95. The summed E-state index contributed by atoms with van der Waals surface area (Å²) in [6.45, 7) is 0.856. The first-order valence-corrected chi connectivity index (χ1v) is 4.78. The molecular formula is C10H15BFNO. The highest BCUT2D eigenvalue weighted by atomic mass is 19.1. The van der Waals surface area contributed by atoms with E-state index in [1.54, 1.807) is 7.85 Å². The van der Waals surface area contributed by atoms with Crippen molar-refractivity contribution in [2.24, 2.45) is 0 Å². The van der Waals surface area contributed by atoms with Crippen LogP contribution >= 0.6 is 0 Å². The molecule has 4 heteroatoms. The van der Waals surface area contributed by atoms with Crippen molar-refractivity contribution in [1.29, 1.82) is 0 Å². The average Bonchev–Trinajstić information content (AvgIpc) is 2.18. The van der Waals surface area contributed by atoms with E-state index in [9.17, 15) is 9.50 Å². The summed E-state index contributed by atoms with van der Waals surface area (Å²) < 4.78 is 13.3. The molecule has 76 valence electrons. The van der Waals surface area contributed by atoms with Crippen molar-refractivity contribution in [2.45, 2.75) is 12.8 Å². The molecule has 0 atom stereocenters. The molecule has 0 fully saturated rings. The number of aromatic hydroxyl groups is 1. The third-order valence-electron chi connectivity index (χ3n) is 2.37. The van der Waals surface area contributed by atoms with Gasteiger partial charge in [-0.3, -0.25) is 0 Å². The third-order valence-corrected chi connectivity index (χ3v) is 2.37. The first kappa shape index (κ1) is 11.1. The van der Waals surface area contributed by atoms with Crippen LogP contribution in [-0.2, 0) is 6.42 Å². The second-order valence-electron chi connectivity index (χ2n) is 3.38. The monoisotopic (exact) mass is 195 g/mol. The van der Waals surface area contributed by atoms with Gasteiger partial charge in [-0.25, -0.2) is 4.39 Å². The summed E-state index contributed by atoms with van der Waals surface area (Å²) in [5.74, 6) is -0.0535. The van der Waals surface area contributed by atoms with E-state index >= 15 is 0 Å². The molecule has 2 nitrogen and oxygen atoms in total. The molecule has 0 aromatic heterocycles. The van der Waals surface area contributed by atoms with Crippen LogP contribution in [-0.4, -0.2) is 26.5 Å². The van der Waals surface area contributed by atoms with E-state index in [1.807, 2.05) is 7.05 Å². The number of rotatable bonds is 4. The first-order chi connectivity index (χ1) is 6.66. The van der Waals surface area contributed by atoms with Gasteiger partial charge in [-0.15, -0.1) is 0 Å². The van der Waals surface area contributed by atoms with Gasteiger partial charge in [-0.1, -0.05) is 0 Å². The maximum Gasteiger partial charge on any atom is 0.144 e. The maximum absolute atomic E-state index is 13.3. The number of halogens is 1. The number of phenols is 1. The number of hydrogen-bond donors (Lipinski definition) is 2. The molecule has 0 aliphatic heterocycles. The van der Waals surface area contributed by atoms with Gasteiger partial charge in [0.2, 0.25) is 0 Å². The van der Waals surface area contributed by atoms with Gasteiger partial charge in [-0.05, 0) is 49.6 Å². The summed E-state index contributed by atoms with van der Waals surface area (Å²) in [5.41, 5.74) is 1.28. The minimum Gasteiger partial charge on any atom is -0.509 e. The highest BCUT2D eigenvalue weighted by Crippen LogP contribution is 2.13. The van der Waals surface area contributed by atoms with Crippen LogP contribution in [0, 0.1) is 5.82 Å². The lowest BCUT2D eigenvalue weighted by Gasteiger charge is -2.08. The van der Waals surface area contributed by atoms with E-state index in [1.165, 1.54) is 12.1 Å². The standard InChI is InChI=1S/C10H15BFNO/c1-13-6-2-3-7-8(12)4-5-9(14)10(7)11/h4-5,13-14H,2-3,6,11H2,1H3. The van der Waals surface area contributed by atoms with Gasteiger partial charge in [0.1, 0.15) is 19.4 Å². The van der Waals surface area contributed by atoms with E-state index in [4.69, 9.17) is 0 Å². The van der Waals surface area contributed by atoms with Crippen molar-refractivity contribution >= 4 is 13.3 Å². The molecule has 0 spiro atoms. The quantitative estimate of drug-likeness (QED) is 0.521. The Morgan fingerprint density at radius 3 is 2.86 bits per heavy atom. The van der Waals surface area contributed by atoms with Crippen LogP contribution in [0.1, 0.15) is 12.0 Å². The molecule has 0 bridgehead atoms. The molecule has 0 radical (unpaired) electrons. The largest absolute Gasteiger partial charge is 0.509 e. The van der Waals surface area contributed by atoms with Gasteiger partial charge in [0.25, 0.3) is 0 Å². The lowest BCUT2D eigenvalue weighted by Crippen LogP contribution is -2.16.